The molecule has 0 N–H and O–H groups in total. The number of carbonyl (C=O) groups excluding carboxylic acids is 2. The fraction of sp³-hybridized carbons (Fsp3) is 0.261. The third kappa shape index (κ3) is 4.74. The normalized spacial score (nSPS) is 13.9. The smallest absolute Gasteiger partial charge is 0.265 e. The lowest BCUT2D eigenvalue weighted by Gasteiger charge is -2.34. The molecule has 4 rings (SSSR count). The first-order valence-corrected chi connectivity index (χ1v) is 10.8. The van der Waals surface area contributed by atoms with Gasteiger partial charge in [0.15, 0.2) is 0 Å². The lowest BCUT2D eigenvalue weighted by atomic mass is 10.1. The largest absolute Gasteiger partial charge is 0.497 e. The number of rotatable bonds is 5. The summed E-state index contributed by atoms with van der Waals surface area (Å²) in [7, 11) is 1.60. The van der Waals surface area contributed by atoms with Gasteiger partial charge in [-0.3, -0.25) is 9.59 Å². The Morgan fingerprint density at radius 3 is 2.55 bits per heavy atom. The van der Waals surface area contributed by atoms with Crippen LogP contribution in [0.4, 0.5) is 4.39 Å². The molecular weight excluding hydrogens is 417 g/mol. The van der Waals surface area contributed by atoms with Crippen molar-refractivity contribution in [1.29, 1.82) is 0 Å². The molecular formula is C23H22FN3O3S. The zero-order valence-electron chi connectivity index (χ0n) is 17.1. The number of piperazine rings is 1. The molecule has 3 aromatic rings. The molecule has 31 heavy (non-hydrogen) atoms. The van der Waals surface area contributed by atoms with Crippen LogP contribution in [0.25, 0.3) is 10.6 Å². The number of hydrogen-bond acceptors (Lipinski definition) is 5. The molecule has 0 atom stereocenters. The highest BCUT2D eigenvalue weighted by Crippen LogP contribution is 2.28. The first-order chi connectivity index (χ1) is 15.0. The Balaban J connectivity index is 1.35. The van der Waals surface area contributed by atoms with E-state index in [0.29, 0.717) is 48.0 Å². The molecule has 8 heteroatoms. The monoisotopic (exact) mass is 439 g/mol. The zero-order valence-corrected chi connectivity index (χ0v) is 17.9. The van der Waals surface area contributed by atoms with Crippen molar-refractivity contribution in [1.82, 2.24) is 14.8 Å². The average molecular weight is 440 g/mol. The van der Waals surface area contributed by atoms with E-state index >= 15 is 0 Å². The van der Waals surface area contributed by atoms with E-state index in [1.54, 1.807) is 35.1 Å². The molecule has 1 aliphatic heterocycles. The van der Waals surface area contributed by atoms with Crippen LogP contribution in [0.3, 0.4) is 0 Å². The highest BCUT2D eigenvalue weighted by molar-refractivity contribution is 7.16. The van der Waals surface area contributed by atoms with Gasteiger partial charge in [0.25, 0.3) is 5.91 Å². The zero-order chi connectivity index (χ0) is 21.8. The maximum absolute atomic E-state index is 14.0. The highest BCUT2D eigenvalue weighted by Gasteiger charge is 2.26. The molecule has 2 aromatic carbocycles. The Kier molecular flexibility index (Phi) is 6.27. The van der Waals surface area contributed by atoms with Crippen LogP contribution in [0.5, 0.6) is 5.75 Å². The molecule has 1 aliphatic rings. The van der Waals surface area contributed by atoms with Gasteiger partial charge in [0.2, 0.25) is 5.91 Å². The van der Waals surface area contributed by atoms with Crippen LogP contribution in [0.2, 0.25) is 0 Å². The van der Waals surface area contributed by atoms with Crippen molar-refractivity contribution in [2.24, 2.45) is 0 Å². The first kappa shape index (κ1) is 21.0. The van der Waals surface area contributed by atoms with Crippen molar-refractivity contribution in [2.75, 3.05) is 33.3 Å². The summed E-state index contributed by atoms with van der Waals surface area (Å²) in [5, 5.41) is 0.480. The number of thiazole rings is 1. The number of ether oxygens (including phenoxy) is 1. The van der Waals surface area contributed by atoms with E-state index in [2.05, 4.69) is 4.98 Å². The third-order valence-corrected chi connectivity index (χ3v) is 6.25. The Labute approximate surface area is 183 Å². The summed E-state index contributed by atoms with van der Waals surface area (Å²) < 4.78 is 19.2. The van der Waals surface area contributed by atoms with Crippen LogP contribution in [-0.2, 0) is 11.2 Å². The number of nitrogens with zero attached hydrogens (tertiary/aromatic N) is 3. The Hall–Kier alpha value is -3.26. The Morgan fingerprint density at radius 1 is 1.06 bits per heavy atom. The molecule has 2 amide bonds. The van der Waals surface area contributed by atoms with Crippen LogP contribution in [-0.4, -0.2) is 59.9 Å². The Bertz CT molecular complexity index is 1090. The van der Waals surface area contributed by atoms with Crippen LogP contribution in [0.1, 0.15) is 15.2 Å². The van der Waals surface area contributed by atoms with Gasteiger partial charge in [0.1, 0.15) is 21.5 Å². The van der Waals surface area contributed by atoms with Gasteiger partial charge in [0, 0.05) is 31.7 Å². The number of methoxy groups -OCH3 is 1. The van der Waals surface area contributed by atoms with E-state index in [-0.39, 0.29) is 17.6 Å². The fourth-order valence-electron chi connectivity index (χ4n) is 3.52. The Morgan fingerprint density at radius 2 is 1.81 bits per heavy atom. The molecule has 1 saturated heterocycles. The van der Waals surface area contributed by atoms with Gasteiger partial charge in [-0.05, 0) is 29.8 Å². The molecule has 0 radical (unpaired) electrons. The number of aromatic nitrogens is 1. The van der Waals surface area contributed by atoms with E-state index in [4.69, 9.17) is 4.74 Å². The number of benzene rings is 2. The van der Waals surface area contributed by atoms with E-state index < -0.39 is 0 Å². The average Bonchev–Trinajstić information content (AvgIpc) is 3.29. The maximum atomic E-state index is 14.0. The maximum Gasteiger partial charge on any atom is 0.265 e. The van der Waals surface area contributed by atoms with Gasteiger partial charge >= 0.3 is 0 Å². The molecule has 0 unspecified atom stereocenters. The van der Waals surface area contributed by atoms with Crippen molar-refractivity contribution in [3.8, 4) is 16.3 Å². The van der Waals surface area contributed by atoms with Gasteiger partial charge in [-0.2, -0.15) is 0 Å². The number of amides is 2. The van der Waals surface area contributed by atoms with Crippen molar-refractivity contribution >= 4 is 23.2 Å². The van der Waals surface area contributed by atoms with Crippen molar-refractivity contribution < 1.29 is 18.7 Å². The second-order valence-corrected chi connectivity index (χ2v) is 8.24. The van der Waals surface area contributed by atoms with Crippen LogP contribution in [0, 0.1) is 5.82 Å². The molecule has 2 heterocycles. The third-order valence-electron chi connectivity index (χ3n) is 5.23. The van der Waals surface area contributed by atoms with Gasteiger partial charge < -0.3 is 14.5 Å². The number of halogens is 1. The predicted octanol–water partition coefficient (Wildman–Crippen LogP) is 3.48. The minimum atomic E-state index is -0.362. The summed E-state index contributed by atoms with van der Waals surface area (Å²) in [6.07, 6.45) is 1.79. The molecule has 1 aromatic heterocycles. The van der Waals surface area contributed by atoms with E-state index in [9.17, 15) is 14.0 Å². The highest BCUT2D eigenvalue weighted by atomic mass is 32.1. The van der Waals surface area contributed by atoms with Crippen LogP contribution < -0.4 is 4.74 Å². The summed E-state index contributed by atoms with van der Waals surface area (Å²) in [4.78, 5) is 33.7. The summed E-state index contributed by atoms with van der Waals surface area (Å²) in [5.74, 6) is 0.249. The van der Waals surface area contributed by atoms with E-state index in [1.807, 2.05) is 24.3 Å². The minimum absolute atomic E-state index is 0.0278. The molecule has 6 nitrogen and oxygen atoms in total. The first-order valence-electron chi connectivity index (χ1n) is 9.96. The molecule has 160 valence electrons. The van der Waals surface area contributed by atoms with Gasteiger partial charge in [-0.25, -0.2) is 9.37 Å². The number of hydrogen-bond donors (Lipinski definition) is 0. The molecule has 0 saturated carbocycles. The summed E-state index contributed by atoms with van der Waals surface area (Å²) in [6, 6.07) is 13.8. The van der Waals surface area contributed by atoms with Gasteiger partial charge in [0.05, 0.1) is 19.7 Å². The predicted molar refractivity (Wildman–Crippen MR) is 117 cm³/mol. The second-order valence-electron chi connectivity index (χ2n) is 7.21. The lowest BCUT2D eigenvalue weighted by molar-refractivity contribution is -0.131. The summed E-state index contributed by atoms with van der Waals surface area (Å²) >= 11 is 1.18. The minimum Gasteiger partial charge on any atom is -0.497 e. The van der Waals surface area contributed by atoms with Crippen molar-refractivity contribution in [2.45, 2.75) is 6.42 Å². The van der Waals surface area contributed by atoms with Crippen LogP contribution in [0.15, 0.2) is 54.7 Å². The SMILES string of the molecule is COc1cccc(CC(=O)N2CCN(C(=O)c3cnc(-c4ccccc4F)s3)CC2)c1. The van der Waals surface area contributed by atoms with E-state index in [0.717, 1.165) is 11.3 Å². The summed E-state index contributed by atoms with van der Waals surface area (Å²) in [6.45, 7) is 1.87. The second kappa shape index (κ2) is 9.26. The lowest BCUT2D eigenvalue weighted by Crippen LogP contribution is -2.50. The van der Waals surface area contributed by atoms with E-state index in [1.165, 1.54) is 23.6 Å². The van der Waals surface area contributed by atoms with Crippen molar-refractivity contribution in [3.05, 3.63) is 71.0 Å². The standard InChI is InChI=1S/C23H22FN3O3S/c1-30-17-6-4-5-16(13-17)14-21(28)26-9-11-27(12-10-26)23(29)20-15-25-22(31-20)18-7-2-3-8-19(18)24/h2-8,13,15H,9-12,14H2,1H3. The molecule has 0 bridgehead atoms. The number of carbonyl (C=O) groups is 2. The molecule has 1 fully saturated rings. The topological polar surface area (TPSA) is 62.7 Å². The van der Waals surface area contributed by atoms with Gasteiger partial charge in [-0.1, -0.05) is 24.3 Å². The van der Waals surface area contributed by atoms with Crippen molar-refractivity contribution in [3.63, 3.8) is 0 Å². The molecule has 0 aliphatic carbocycles. The molecule has 0 spiro atoms. The quantitative estimate of drug-likeness (QED) is 0.611. The summed E-state index contributed by atoms with van der Waals surface area (Å²) in [5.41, 5.74) is 1.28. The van der Waals surface area contributed by atoms with Gasteiger partial charge in [-0.15, -0.1) is 11.3 Å². The van der Waals surface area contributed by atoms with Crippen LogP contribution >= 0.6 is 11.3 Å². The fourth-order valence-corrected chi connectivity index (χ4v) is 4.43.